The van der Waals surface area contributed by atoms with Gasteiger partial charge in [0, 0.05) is 12.6 Å². The molecule has 0 saturated carbocycles. The third-order valence-corrected chi connectivity index (χ3v) is 7.94. The minimum absolute atomic E-state index is 0.113. The van der Waals surface area contributed by atoms with Gasteiger partial charge >= 0.3 is 0 Å². The molecule has 134 valence electrons. The summed E-state index contributed by atoms with van der Waals surface area (Å²) in [7, 11) is 1.76. The average molecular weight is 408 g/mol. The van der Waals surface area contributed by atoms with Crippen LogP contribution in [0.4, 0.5) is 0 Å². The molecule has 4 rings (SSSR count). The van der Waals surface area contributed by atoms with Crippen molar-refractivity contribution in [2.45, 2.75) is 27.4 Å². The van der Waals surface area contributed by atoms with Gasteiger partial charge in [0.15, 0.2) is 0 Å². The lowest BCUT2D eigenvalue weighted by Gasteiger charge is -2.49. The van der Waals surface area contributed by atoms with Crippen LogP contribution < -0.4 is 0 Å². The second kappa shape index (κ2) is 6.71. The van der Waals surface area contributed by atoms with Crippen molar-refractivity contribution in [3.05, 3.63) is 47.2 Å². The van der Waals surface area contributed by atoms with Gasteiger partial charge in [0.05, 0.1) is 10.3 Å². The van der Waals surface area contributed by atoms with Crippen LogP contribution in [0.25, 0.3) is 0 Å². The second-order valence-electron chi connectivity index (χ2n) is 5.90. The standard InChI is InChI=1S/C16H14ClN5O2S2/c1-8-11(12(23)9-6-4-3-5-7-9)22-13(24)10(17)14(22)25-15(8)26-16-18-19-20-21(16)2/h3-7,10,14-15H,1-2H3/t10-,14-,15?/m0/s1. The van der Waals surface area contributed by atoms with Crippen LogP contribution in [-0.2, 0) is 11.8 Å². The largest absolute Gasteiger partial charge is 0.293 e. The van der Waals surface area contributed by atoms with Crippen LogP contribution in [0.1, 0.15) is 17.3 Å². The minimum atomic E-state index is -0.632. The Kier molecular flexibility index (Phi) is 4.54. The van der Waals surface area contributed by atoms with E-state index < -0.39 is 5.38 Å². The summed E-state index contributed by atoms with van der Waals surface area (Å²) in [5.41, 5.74) is 1.77. The van der Waals surface area contributed by atoms with E-state index in [-0.39, 0.29) is 21.6 Å². The van der Waals surface area contributed by atoms with Crippen LogP contribution >= 0.6 is 35.1 Å². The summed E-state index contributed by atoms with van der Waals surface area (Å²) in [5.74, 6) is -0.404. The summed E-state index contributed by atoms with van der Waals surface area (Å²) in [5, 5.41) is 11.2. The number of Topliss-reactive ketones (excluding diaryl/α,β-unsaturated/α-hetero) is 1. The predicted octanol–water partition coefficient (Wildman–Crippen LogP) is 2.31. The molecule has 26 heavy (non-hydrogen) atoms. The van der Waals surface area contributed by atoms with Gasteiger partial charge in [-0.15, -0.1) is 28.5 Å². The van der Waals surface area contributed by atoms with Crippen molar-refractivity contribution in [1.82, 2.24) is 25.1 Å². The number of hydrogen-bond donors (Lipinski definition) is 0. The van der Waals surface area contributed by atoms with Crippen LogP contribution in [0, 0.1) is 0 Å². The van der Waals surface area contributed by atoms with Crippen LogP contribution in [0.3, 0.4) is 0 Å². The molecule has 1 amide bonds. The van der Waals surface area contributed by atoms with Gasteiger partial charge in [0.1, 0.15) is 10.8 Å². The molecule has 0 N–H and O–H groups in total. The first kappa shape index (κ1) is 17.6. The van der Waals surface area contributed by atoms with E-state index in [2.05, 4.69) is 15.5 Å². The maximum absolute atomic E-state index is 13.1. The Morgan fingerprint density at radius 1 is 1.31 bits per heavy atom. The van der Waals surface area contributed by atoms with Gasteiger partial charge in [-0.3, -0.25) is 14.5 Å². The quantitative estimate of drug-likeness (QED) is 0.437. The van der Waals surface area contributed by atoms with Crippen molar-refractivity contribution in [2.75, 3.05) is 0 Å². The molecule has 1 aromatic carbocycles. The van der Waals surface area contributed by atoms with E-state index in [0.29, 0.717) is 16.4 Å². The molecule has 1 saturated heterocycles. The number of fused-ring (bicyclic) bond motifs is 1. The third-order valence-electron chi connectivity index (χ3n) is 4.25. The number of allylic oxidation sites excluding steroid dienone is 1. The number of carbonyl (C=O) groups excluding carboxylic acids is 2. The Hall–Kier alpha value is -1.84. The Labute approximate surface area is 163 Å². The van der Waals surface area contributed by atoms with Crippen LogP contribution in [-0.4, -0.2) is 52.1 Å². The summed E-state index contributed by atoms with van der Waals surface area (Å²) >= 11 is 9.20. The number of tetrazole rings is 1. The number of halogens is 1. The highest BCUT2D eigenvalue weighted by Crippen LogP contribution is 2.50. The number of rotatable bonds is 4. The van der Waals surface area contributed by atoms with Crippen LogP contribution in [0.15, 0.2) is 46.8 Å². The fourth-order valence-electron chi connectivity index (χ4n) is 2.87. The number of alkyl halides is 1. The van der Waals surface area contributed by atoms with Crippen molar-refractivity contribution in [3.8, 4) is 0 Å². The molecule has 2 aromatic rings. The molecule has 2 aliphatic rings. The number of carbonyl (C=O) groups is 2. The number of ketones is 1. The van der Waals surface area contributed by atoms with Crippen LogP contribution in [0.2, 0.25) is 0 Å². The summed E-state index contributed by atoms with van der Waals surface area (Å²) in [4.78, 5) is 27.0. The molecule has 1 unspecified atom stereocenters. The molecule has 0 radical (unpaired) electrons. The van der Waals surface area contributed by atoms with Gasteiger partial charge in [-0.25, -0.2) is 4.68 Å². The molecule has 0 aliphatic carbocycles. The molecule has 0 spiro atoms. The maximum Gasteiger partial charge on any atom is 0.249 e. The first-order valence-corrected chi connectivity index (χ1v) is 10.1. The smallest absolute Gasteiger partial charge is 0.249 e. The first-order valence-electron chi connectivity index (χ1n) is 7.81. The molecule has 0 bridgehead atoms. The van der Waals surface area contributed by atoms with Crippen molar-refractivity contribution >= 4 is 46.8 Å². The highest BCUT2D eigenvalue weighted by molar-refractivity contribution is 8.17. The number of aromatic nitrogens is 4. The van der Waals surface area contributed by atoms with E-state index in [1.54, 1.807) is 47.8 Å². The predicted molar refractivity (Wildman–Crippen MR) is 99.8 cm³/mol. The molecule has 10 heteroatoms. The number of nitrogens with zero attached hydrogens (tertiary/aromatic N) is 5. The molecule has 7 nitrogen and oxygen atoms in total. The van der Waals surface area contributed by atoms with Gasteiger partial charge in [0.25, 0.3) is 0 Å². The molecule has 3 atom stereocenters. The molecular formula is C16H14ClN5O2S2. The van der Waals surface area contributed by atoms with E-state index in [4.69, 9.17) is 11.6 Å². The Morgan fingerprint density at radius 2 is 2.04 bits per heavy atom. The summed E-state index contributed by atoms with van der Waals surface area (Å²) in [6.45, 7) is 1.87. The van der Waals surface area contributed by atoms with Gasteiger partial charge in [0.2, 0.25) is 16.8 Å². The van der Waals surface area contributed by atoms with Crippen LogP contribution in [0.5, 0.6) is 0 Å². The molecule has 1 aromatic heterocycles. The first-order chi connectivity index (χ1) is 12.5. The Balaban J connectivity index is 1.74. The van der Waals surface area contributed by atoms with E-state index in [1.165, 1.54) is 16.7 Å². The van der Waals surface area contributed by atoms with Crippen molar-refractivity contribution in [2.24, 2.45) is 7.05 Å². The number of hydrogen-bond acceptors (Lipinski definition) is 7. The highest BCUT2D eigenvalue weighted by Gasteiger charge is 2.54. The second-order valence-corrected chi connectivity index (χ2v) is 8.97. The van der Waals surface area contributed by atoms with Crippen molar-refractivity contribution in [1.29, 1.82) is 0 Å². The number of thioether (sulfide) groups is 2. The van der Waals surface area contributed by atoms with Gasteiger partial charge < -0.3 is 0 Å². The fourth-order valence-corrected chi connectivity index (χ4v) is 6.00. The van der Waals surface area contributed by atoms with E-state index >= 15 is 0 Å². The zero-order valence-electron chi connectivity index (χ0n) is 13.9. The lowest BCUT2D eigenvalue weighted by molar-refractivity contribution is -0.137. The maximum atomic E-state index is 13.1. The Bertz CT molecular complexity index is 916. The topological polar surface area (TPSA) is 81.0 Å². The monoisotopic (exact) mass is 407 g/mol. The fraction of sp³-hybridized carbons (Fsp3) is 0.312. The number of β-lactam (4-membered cyclic amide) rings is 1. The van der Waals surface area contributed by atoms with Gasteiger partial charge in [-0.2, -0.15) is 0 Å². The van der Waals surface area contributed by atoms with E-state index in [1.807, 2.05) is 13.0 Å². The number of benzene rings is 1. The lowest BCUT2D eigenvalue weighted by atomic mass is 10.00. The zero-order valence-corrected chi connectivity index (χ0v) is 16.3. The van der Waals surface area contributed by atoms with Gasteiger partial charge in [-0.1, -0.05) is 42.1 Å². The molecule has 2 aliphatic heterocycles. The zero-order chi connectivity index (χ0) is 18.4. The highest BCUT2D eigenvalue weighted by atomic mass is 35.5. The van der Waals surface area contributed by atoms with E-state index in [9.17, 15) is 9.59 Å². The number of aryl methyl sites for hydroxylation is 1. The number of amides is 1. The minimum Gasteiger partial charge on any atom is -0.293 e. The normalized spacial score (nSPS) is 25.1. The SMILES string of the molecule is CC1=C(C(=O)c2ccccc2)N2C(=O)[C@H](Cl)[C@@H]2SC1Sc1nnnn1C. The summed E-state index contributed by atoms with van der Waals surface area (Å²) < 4.78 is 1.46. The van der Waals surface area contributed by atoms with Crippen molar-refractivity contribution in [3.63, 3.8) is 0 Å². The Morgan fingerprint density at radius 3 is 2.69 bits per heavy atom. The van der Waals surface area contributed by atoms with E-state index in [0.717, 1.165) is 5.57 Å². The third kappa shape index (κ3) is 2.74. The molecule has 1 fully saturated rings. The molecule has 3 heterocycles. The lowest BCUT2D eigenvalue weighted by Crippen LogP contribution is -2.63. The van der Waals surface area contributed by atoms with Gasteiger partial charge in [-0.05, 0) is 22.9 Å². The molecular weight excluding hydrogens is 394 g/mol. The summed E-state index contributed by atoms with van der Waals surface area (Å²) in [6, 6.07) is 8.95. The van der Waals surface area contributed by atoms with Crippen molar-refractivity contribution < 1.29 is 9.59 Å². The average Bonchev–Trinajstić information content (AvgIpc) is 3.07. The summed E-state index contributed by atoms with van der Waals surface area (Å²) in [6.07, 6.45) is 0.